The van der Waals surface area contributed by atoms with Crippen LogP contribution in [0.1, 0.15) is 27.9 Å². The zero-order valence-electron chi connectivity index (χ0n) is 9.03. The molecule has 4 heteroatoms. The Morgan fingerprint density at radius 1 is 1.50 bits per heavy atom. The summed E-state index contributed by atoms with van der Waals surface area (Å²) in [6, 6.07) is 5.46. The van der Waals surface area contributed by atoms with Gasteiger partial charge in [-0.2, -0.15) is 0 Å². The van der Waals surface area contributed by atoms with Crippen LogP contribution < -0.4 is 0 Å². The third kappa shape index (κ3) is 2.92. The van der Waals surface area contributed by atoms with Crippen LogP contribution in [0.25, 0.3) is 0 Å². The molecule has 0 bridgehead atoms. The third-order valence-corrected chi connectivity index (χ3v) is 2.90. The first-order valence-corrected chi connectivity index (χ1v) is 6.05. The van der Waals surface area contributed by atoms with E-state index in [2.05, 4.69) is 15.9 Å². The number of methoxy groups -OCH3 is 1. The lowest BCUT2D eigenvalue weighted by molar-refractivity contribution is -0.107. The van der Waals surface area contributed by atoms with Crippen molar-refractivity contribution in [1.82, 2.24) is 0 Å². The summed E-state index contributed by atoms with van der Waals surface area (Å²) in [5.41, 5.74) is 2.46. The molecule has 0 fully saturated rings. The van der Waals surface area contributed by atoms with Gasteiger partial charge in [-0.3, -0.25) is 0 Å². The largest absolute Gasteiger partial charge is 0.465 e. The Kier molecular flexibility index (Phi) is 5.19. The fourth-order valence-electron chi connectivity index (χ4n) is 1.54. The standard InChI is InChI=1S/C12H13BrO3/c1-16-12(15)10-6-2-4-9(5-3-7-14)11(10)8-13/h2,4,6-7H,3,5,8H2,1H3. The predicted molar refractivity (Wildman–Crippen MR) is 64.8 cm³/mol. The predicted octanol–water partition coefficient (Wildman–Crippen LogP) is 2.50. The third-order valence-electron chi connectivity index (χ3n) is 2.34. The van der Waals surface area contributed by atoms with Gasteiger partial charge < -0.3 is 9.53 Å². The van der Waals surface area contributed by atoms with Gasteiger partial charge in [-0.15, -0.1) is 0 Å². The van der Waals surface area contributed by atoms with Gasteiger partial charge in [0.25, 0.3) is 0 Å². The molecule has 0 heterocycles. The van der Waals surface area contributed by atoms with Crippen LogP contribution in [0.5, 0.6) is 0 Å². The van der Waals surface area contributed by atoms with Crippen molar-refractivity contribution in [3.8, 4) is 0 Å². The van der Waals surface area contributed by atoms with Crippen molar-refractivity contribution in [2.24, 2.45) is 0 Å². The SMILES string of the molecule is COC(=O)c1cccc(CCC=O)c1CBr. The Morgan fingerprint density at radius 2 is 2.25 bits per heavy atom. The van der Waals surface area contributed by atoms with E-state index < -0.39 is 0 Å². The maximum atomic E-state index is 11.5. The zero-order chi connectivity index (χ0) is 12.0. The Morgan fingerprint density at radius 3 is 2.81 bits per heavy atom. The second-order valence-electron chi connectivity index (χ2n) is 3.27. The molecule has 0 atom stereocenters. The number of alkyl halides is 1. The van der Waals surface area contributed by atoms with Gasteiger partial charge in [0.2, 0.25) is 0 Å². The summed E-state index contributed by atoms with van der Waals surface area (Å²) in [7, 11) is 1.36. The molecule has 0 unspecified atom stereocenters. The molecule has 1 rings (SSSR count). The molecule has 86 valence electrons. The highest BCUT2D eigenvalue weighted by Gasteiger charge is 2.13. The van der Waals surface area contributed by atoms with Crippen LogP contribution in [-0.2, 0) is 21.3 Å². The fraction of sp³-hybridized carbons (Fsp3) is 0.333. The molecule has 0 saturated heterocycles. The number of halogens is 1. The van der Waals surface area contributed by atoms with E-state index in [0.29, 0.717) is 23.7 Å². The molecule has 0 aliphatic rings. The quantitative estimate of drug-likeness (QED) is 0.474. The van der Waals surface area contributed by atoms with E-state index in [9.17, 15) is 9.59 Å². The Balaban J connectivity index is 3.09. The van der Waals surface area contributed by atoms with Crippen LogP contribution in [0.15, 0.2) is 18.2 Å². The normalized spacial score (nSPS) is 9.88. The molecular formula is C12H13BrO3. The number of rotatable bonds is 5. The van der Waals surface area contributed by atoms with E-state index in [1.165, 1.54) is 7.11 Å². The second-order valence-corrected chi connectivity index (χ2v) is 3.83. The lowest BCUT2D eigenvalue weighted by atomic mass is 9.99. The van der Waals surface area contributed by atoms with Crippen LogP contribution in [0.3, 0.4) is 0 Å². The highest BCUT2D eigenvalue weighted by molar-refractivity contribution is 9.08. The molecule has 0 aliphatic carbocycles. The van der Waals surface area contributed by atoms with Gasteiger partial charge in [0.05, 0.1) is 12.7 Å². The molecule has 0 amide bonds. The van der Waals surface area contributed by atoms with E-state index >= 15 is 0 Å². The maximum absolute atomic E-state index is 11.5. The lowest BCUT2D eigenvalue weighted by Crippen LogP contribution is -2.07. The van der Waals surface area contributed by atoms with Gasteiger partial charge in [-0.1, -0.05) is 28.1 Å². The van der Waals surface area contributed by atoms with E-state index in [1.54, 1.807) is 12.1 Å². The summed E-state index contributed by atoms with van der Waals surface area (Å²) < 4.78 is 4.71. The van der Waals surface area contributed by atoms with Crippen molar-refractivity contribution >= 4 is 28.2 Å². The Bertz CT molecular complexity index is 388. The van der Waals surface area contributed by atoms with E-state index in [-0.39, 0.29) is 5.97 Å². The summed E-state index contributed by atoms with van der Waals surface area (Å²) in [5, 5.41) is 0.576. The van der Waals surface area contributed by atoms with Crippen molar-refractivity contribution in [1.29, 1.82) is 0 Å². The number of ether oxygens (including phenoxy) is 1. The van der Waals surface area contributed by atoms with Crippen molar-refractivity contribution in [2.75, 3.05) is 7.11 Å². The zero-order valence-corrected chi connectivity index (χ0v) is 10.6. The van der Waals surface area contributed by atoms with Crippen molar-refractivity contribution in [2.45, 2.75) is 18.2 Å². The fourth-order valence-corrected chi connectivity index (χ4v) is 2.20. The molecule has 0 aromatic heterocycles. The number of aldehydes is 1. The summed E-state index contributed by atoms with van der Waals surface area (Å²) >= 11 is 3.35. The number of hydrogen-bond acceptors (Lipinski definition) is 3. The van der Waals surface area contributed by atoms with E-state index in [1.807, 2.05) is 6.07 Å². The topological polar surface area (TPSA) is 43.4 Å². The van der Waals surface area contributed by atoms with Crippen LogP contribution >= 0.6 is 15.9 Å². The van der Waals surface area contributed by atoms with Gasteiger partial charge in [0.15, 0.2) is 0 Å². The molecule has 0 N–H and O–H groups in total. The molecule has 0 spiro atoms. The smallest absolute Gasteiger partial charge is 0.338 e. The lowest BCUT2D eigenvalue weighted by Gasteiger charge is -2.10. The minimum absolute atomic E-state index is 0.345. The number of carbonyl (C=O) groups excluding carboxylic acids is 2. The highest BCUT2D eigenvalue weighted by atomic mass is 79.9. The van der Waals surface area contributed by atoms with Gasteiger partial charge in [0.1, 0.15) is 6.29 Å². The molecule has 16 heavy (non-hydrogen) atoms. The van der Waals surface area contributed by atoms with Crippen molar-refractivity contribution < 1.29 is 14.3 Å². The molecule has 0 saturated carbocycles. The number of carbonyl (C=O) groups is 2. The van der Waals surface area contributed by atoms with Crippen LogP contribution in [0, 0.1) is 0 Å². The summed E-state index contributed by atoms with van der Waals surface area (Å²) in [4.78, 5) is 21.9. The number of hydrogen-bond donors (Lipinski definition) is 0. The van der Waals surface area contributed by atoms with Gasteiger partial charge in [-0.25, -0.2) is 4.79 Å². The summed E-state index contributed by atoms with van der Waals surface area (Å²) in [5.74, 6) is -0.345. The summed E-state index contributed by atoms with van der Waals surface area (Å²) in [6.45, 7) is 0. The molecule has 1 aromatic rings. The Hall–Kier alpha value is -1.16. The second kappa shape index (κ2) is 6.43. The molecular weight excluding hydrogens is 272 g/mol. The van der Waals surface area contributed by atoms with Gasteiger partial charge in [-0.05, 0) is 23.6 Å². The first-order valence-electron chi connectivity index (χ1n) is 4.93. The van der Waals surface area contributed by atoms with Crippen molar-refractivity contribution in [3.05, 3.63) is 34.9 Å². The molecule has 0 aliphatic heterocycles. The van der Waals surface area contributed by atoms with Gasteiger partial charge >= 0.3 is 5.97 Å². The molecule has 1 aromatic carbocycles. The molecule has 3 nitrogen and oxygen atoms in total. The van der Waals surface area contributed by atoms with Crippen LogP contribution in [-0.4, -0.2) is 19.4 Å². The van der Waals surface area contributed by atoms with Crippen molar-refractivity contribution in [3.63, 3.8) is 0 Å². The minimum atomic E-state index is -0.345. The first kappa shape index (κ1) is 12.9. The number of esters is 1. The Labute approximate surface area is 103 Å². The first-order chi connectivity index (χ1) is 7.74. The molecule has 0 radical (unpaired) electrons. The maximum Gasteiger partial charge on any atom is 0.338 e. The average Bonchev–Trinajstić information content (AvgIpc) is 2.34. The average molecular weight is 285 g/mol. The van der Waals surface area contributed by atoms with E-state index in [4.69, 9.17) is 4.74 Å². The summed E-state index contributed by atoms with van der Waals surface area (Å²) in [6.07, 6.45) is 1.99. The minimum Gasteiger partial charge on any atom is -0.465 e. The van der Waals surface area contributed by atoms with Gasteiger partial charge in [0, 0.05) is 11.8 Å². The highest BCUT2D eigenvalue weighted by Crippen LogP contribution is 2.20. The monoisotopic (exact) mass is 284 g/mol. The van der Waals surface area contributed by atoms with Crippen LogP contribution in [0.2, 0.25) is 0 Å². The number of aryl methyl sites for hydroxylation is 1. The van der Waals surface area contributed by atoms with E-state index in [0.717, 1.165) is 17.4 Å². The number of benzene rings is 1. The van der Waals surface area contributed by atoms with Crippen LogP contribution in [0.4, 0.5) is 0 Å².